The molecule has 1 aromatic rings. The fraction of sp³-hybridized carbons (Fsp3) is 0.682. The zero-order chi connectivity index (χ0) is 21.9. The minimum absolute atomic E-state index is 0.112. The SMILES string of the molecule is CC1CCC(Oc2ccc(NC(=O)N3CCC(NS(=O)(=O)C(C)C)CC3)cc2)C1C. The van der Waals surface area contributed by atoms with E-state index in [1.165, 1.54) is 6.42 Å². The van der Waals surface area contributed by atoms with E-state index in [0.29, 0.717) is 37.8 Å². The van der Waals surface area contributed by atoms with Crippen molar-refractivity contribution in [3.8, 4) is 5.75 Å². The Balaban J connectivity index is 1.46. The second-order valence-electron chi connectivity index (χ2n) is 9.00. The van der Waals surface area contributed by atoms with E-state index in [9.17, 15) is 13.2 Å². The Kier molecular flexibility index (Phi) is 7.29. The molecule has 1 heterocycles. The topological polar surface area (TPSA) is 87.7 Å². The number of carbonyl (C=O) groups excluding carboxylic acids is 1. The standard InChI is InChI=1S/C22H35N3O4S/c1-15(2)30(27,28)24-19-11-13-25(14-12-19)22(26)23-18-6-8-20(9-7-18)29-21-10-5-16(3)17(21)4/h6-9,15-17,19,21,24H,5,10-14H2,1-4H3,(H,23,26). The average Bonchev–Trinajstić information content (AvgIpc) is 3.01. The van der Waals surface area contributed by atoms with Gasteiger partial charge in [-0.1, -0.05) is 13.8 Å². The lowest BCUT2D eigenvalue weighted by molar-refractivity contribution is 0.155. The van der Waals surface area contributed by atoms with Gasteiger partial charge in [0.15, 0.2) is 0 Å². The fourth-order valence-corrected chi connectivity index (χ4v) is 5.02. The molecule has 8 heteroatoms. The molecule has 2 fully saturated rings. The smallest absolute Gasteiger partial charge is 0.321 e. The van der Waals surface area contributed by atoms with Gasteiger partial charge in [0, 0.05) is 24.8 Å². The summed E-state index contributed by atoms with van der Waals surface area (Å²) >= 11 is 0. The van der Waals surface area contributed by atoms with Gasteiger partial charge in [-0.15, -0.1) is 0 Å². The van der Waals surface area contributed by atoms with Crippen molar-refractivity contribution in [3.63, 3.8) is 0 Å². The van der Waals surface area contributed by atoms with Gasteiger partial charge in [-0.25, -0.2) is 17.9 Å². The summed E-state index contributed by atoms with van der Waals surface area (Å²) < 4.78 is 32.9. The highest BCUT2D eigenvalue weighted by molar-refractivity contribution is 7.90. The Morgan fingerprint density at radius 3 is 2.23 bits per heavy atom. The van der Waals surface area contributed by atoms with Gasteiger partial charge in [0.25, 0.3) is 0 Å². The molecule has 1 aliphatic carbocycles. The van der Waals surface area contributed by atoms with Crippen molar-refractivity contribution in [1.82, 2.24) is 9.62 Å². The van der Waals surface area contributed by atoms with E-state index in [2.05, 4.69) is 23.9 Å². The molecule has 1 aromatic carbocycles. The summed E-state index contributed by atoms with van der Waals surface area (Å²) in [6.45, 7) is 8.89. The molecule has 1 aliphatic heterocycles. The van der Waals surface area contributed by atoms with Crippen LogP contribution in [0.5, 0.6) is 5.75 Å². The number of sulfonamides is 1. The number of urea groups is 1. The number of nitrogens with one attached hydrogen (secondary N) is 2. The van der Waals surface area contributed by atoms with Crippen LogP contribution >= 0.6 is 0 Å². The van der Waals surface area contributed by atoms with Crippen LogP contribution in [0.4, 0.5) is 10.5 Å². The highest BCUT2D eigenvalue weighted by atomic mass is 32.2. The number of carbonyl (C=O) groups is 1. The second-order valence-corrected chi connectivity index (χ2v) is 11.3. The van der Waals surface area contributed by atoms with Gasteiger partial charge in [-0.3, -0.25) is 0 Å². The fourth-order valence-electron chi connectivity index (χ4n) is 4.05. The Hall–Kier alpha value is -1.80. The molecule has 0 spiro atoms. The number of hydrogen-bond donors (Lipinski definition) is 2. The van der Waals surface area contributed by atoms with E-state index >= 15 is 0 Å². The number of ether oxygens (including phenoxy) is 1. The maximum absolute atomic E-state index is 12.6. The third-order valence-electron chi connectivity index (χ3n) is 6.52. The molecule has 0 radical (unpaired) electrons. The van der Waals surface area contributed by atoms with Gasteiger partial charge in [0.2, 0.25) is 10.0 Å². The van der Waals surface area contributed by atoms with E-state index in [1.54, 1.807) is 18.7 Å². The zero-order valence-electron chi connectivity index (χ0n) is 18.4. The summed E-state index contributed by atoms with van der Waals surface area (Å²) in [5, 5.41) is 2.47. The van der Waals surface area contributed by atoms with E-state index in [1.807, 2.05) is 24.3 Å². The highest BCUT2D eigenvalue weighted by Gasteiger charge is 2.31. The van der Waals surface area contributed by atoms with Gasteiger partial charge in [-0.05, 0) is 75.6 Å². The molecular weight excluding hydrogens is 402 g/mol. The summed E-state index contributed by atoms with van der Waals surface area (Å²) in [6.07, 6.45) is 3.78. The van der Waals surface area contributed by atoms with Crippen LogP contribution in [0.3, 0.4) is 0 Å². The largest absolute Gasteiger partial charge is 0.490 e. The second kappa shape index (κ2) is 9.56. The number of hydrogen-bond acceptors (Lipinski definition) is 4. The van der Waals surface area contributed by atoms with Crippen molar-refractivity contribution in [2.45, 2.75) is 70.8 Å². The van der Waals surface area contributed by atoms with Crippen LogP contribution in [0.25, 0.3) is 0 Å². The molecule has 7 nitrogen and oxygen atoms in total. The van der Waals surface area contributed by atoms with Crippen molar-refractivity contribution in [2.75, 3.05) is 18.4 Å². The van der Waals surface area contributed by atoms with E-state index in [-0.39, 0.29) is 18.2 Å². The third kappa shape index (κ3) is 5.66. The quantitative estimate of drug-likeness (QED) is 0.708. The van der Waals surface area contributed by atoms with Crippen molar-refractivity contribution < 1.29 is 17.9 Å². The Labute approximate surface area is 180 Å². The summed E-state index contributed by atoms with van der Waals surface area (Å²) in [5.74, 6) is 2.08. The van der Waals surface area contributed by atoms with Gasteiger partial charge in [0.1, 0.15) is 11.9 Å². The number of piperidine rings is 1. The molecule has 1 saturated carbocycles. The molecule has 2 aliphatic rings. The number of benzene rings is 1. The molecule has 0 aromatic heterocycles. The Morgan fingerprint density at radius 1 is 1.07 bits per heavy atom. The molecule has 2 amide bonds. The van der Waals surface area contributed by atoms with Crippen LogP contribution in [0.2, 0.25) is 0 Å². The predicted octanol–water partition coefficient (Wildman–Crippen LogP) is 3.82. The summed E-state index contributed by atoms with van der Waals surface area (Å²) in [6, 6.07) is 7.25. The third-order valence-corrected chi connectivity index (χ3v) is 8.42. The molecule has 30 heavy (non-hydrogen) atoms. The minimum atomic E-state index is -3.28. The van der Waals surface area contributed by atoms with Crippen LogP contribution in [-0.2, 0) is 10.0 Å². The number of rotatable bonds is 6. The van der Waals surface area contributed by atoms with E-state index < -0.39 is 15.3 Å². The zero-order valence-corrected chi connectivity index (χ0v) is 19.2. The first-order valence-electron chi connectivity index (χ1n) is 11.0. The molecule has 1 saturated heterocycles. The summed E-state index contributed by atoms with van der Waals surface area (Å²) in [4.78, 5) is 14.3. The maximum Gasteiger partial charge on any atom is 0.321 e. The monoisotopic (exact) mass is 437 g/mol. The number of amides is 2. The normalized spacial score (nSPS) is 25.5. The Morgan fingerprint density at radius 2 is 1.70 bits per heavy atom. The van der Waals surface area contributed by atoms with Gasteiger partial charge in [-0.2, -0.15) is 0 Å². The number of anilines is 1. The van der Waals surface area contributed by atoms with Crippen LogP contribution in [0.1, 0.15) is 53.4 Å². The number of likely N-dealkylation sites (tertiary alicyclic amines) is 1. The maximum atomic E-state index is 12.6. The molecule has 2 N–H and O–H groups in total. The van der Waals surface area contributed by atoms with Crippen LogP contribution < -0.4 is 14.8 Å². The van der Waals surface area contributed by atoms with Crippen LogP contribution in [0, 0.1) is 11.8 Å². The first-order valence-corrected chi connectivity index (χ1v) is 12.5. The lowest BCUT2D eigenvalue weighted by Crippen LogP contribution is -2.48. The van der Waals surface area contributed by atoms with Gasteiger partial charge < -0.3 is 15.0 Å². The van der Waals surface area contributed by atoms with Crippen molar-refractivity contribution in [2.24, 2.45) is 11.8 Å². The van der Waals surface area contributed by atoms with Crippen molar-refractivity contribution in [1.29, 1.82) is 0 Å². The summed E-state index contributed by atoms with van der Waals surface area (Å²) in [5.41, 5.74) is 0.725. The highest BCUT2D eigenvalue weighted by Crippen LogP contribution is 2.34. The molecule has 3 atom stereocenters. The van der Waals surface area contributed by atoms with Gasteiger partial charge in [0.05, 0.1) is 5.25 Å². The average molecular weight is 438 g/mol. The summed E-state index contributed by atoms with van der Waals surface area (Å²) in [7, 11) is -3.28. The van der Waals surface area contributed by atoms with Crippen LogP contribution in [-0.4, -0.2) is 49.8 Å². The predicted molar refractivity (Wildman–Crippen MR) is 119 cm³/mol. The molecule has 168 valence electrons. The molecule has 0 bridgehead atoms. The lowest BCUT2D eigenvalue weighted by atomic mass is 9.99. The van der Waals surface area contributed by atoms with E-state index in [4.69, 9.17) is 4.74 Å². The lowest BCUT2D eigenvalue weighted by Gasteiger charge is -2.32. The van der Waals surface area contributed by atoms with E-state index in [0.717, 1.165) is 17.9 Å². The van der Waals surface area contributed by atoms with Crippen molar-refractivity contribution >= 4 is 21.7 Å². The molecule has 3 unspecified atom stereocenters. The minimum Gasteiger partial charge on any atom is -0.490 e. The van der Waals surface area contributed by atoms with Gasteiger partial charge >= 0.3 is 6.03 Å². The first kappa shape index (κ1) is 22.9. The Bertz CT molecular complexity index is 817. The number of nitrogens with zero attached hydrogens (tertiary/aromatic N) is 1. The van der Waals surface area contributed by atoms with Crippen LogP contribution in [0.15, 0.2) is 24.3 Å². The van der Waals surface area contributed by atoms with Crippen molar-refractivity contribution in [3.05, 3.63) is 24.3 Å². The molecular formula is C22H35N3O4S. The first-order chi connectivity index (χ1) is 14.2. The molecule has 3 rings (SSSR count).